The van der Waals surface area contributed by atoms with Crippen LogP contribution in [0.1, 0.15) is 46.4 Å². The summed E-state index contributed by atoms with van der Waals surface area (Å²) in [6.07, 6.45) is 3.31. The minimum atomic E-state index is -3.14. The van der Waals surface area contributed by atoms with Crippen molar-refractivity contribution in [3.8, 4) is 0 Å². The van der Waals surface area contributed by atoms with Crippen molar-refractivity contribution in [1.29, 1.82) is 0 Å². The lowest BCUT2D eigenvalue weighted by Crippen LogP contribution is -2.50. The summed E-state index contributed by atoms with van der Waals surface area (Å²) in [5.74, 6) is 1.78. The first-order chi connectivity index (χ1) is 13.8. The number of sulfonamides is 1. The maximum Gasteiger partial charge on any atom is 0.253 e. The number of hydrogen-bond acceptors (Lipinski definition) is 6. The van der Waals surface area contributed by atoms with Crippen LogP contribution in [0.25, 0.3) is 0 Å². The van der Waals surface area contributed by atoms with Crippen LogP contribution in [0.15, 0.2) is 28.8 Å². The molecule has 29 heavy (non-hydrogen) atoms. The Labute approximate surface area is 170 Å². The monoisotopic (exact) mass is 418 g/mol. The Balaban J connectivity index is 1.27. The van der Waals surface area contributed by atoms with Gasteiger partial charge in [-0.2, -0.15) is 4.98 Å². The fraction of sp³-hybridized carbons (Fsp3) is 0.550. The highest BCUT2D eigenvalue weighted by atomic mass is 32.2. The molecule has 3 heterocycles. The van der Waals surface area contributed by atoms with E-state index in [0.29, 0.717) is 63.1 Å². The number of carbonyl (C=O) groups is 1. The molecule has 2 aromatic rings. The topological polar surface area (TPSA) is 96.6 Å². The number of hydrogen-bond donors (Lipinski definition) is 0. The predicted molar refractivity (Wildman–Crippen MR) is 107 cm³/mol. The van der Waals surface area contributed by atoms with Crippen LogP contribution in [0.5, 0.6) is 0 Å². The van der Waals surface area contributed by atoms with E-state index in [1.165, 1.54) is 10.6 Å². The molecule has 2 aliphatic rings. The SMILES string of the molecule is Cc1cccc(C(=O)N2CC(Cc3nc(C4CCN(S(C)(=O)=O)CC4)no3)C2)c1. The first-order valence-corrected chi connectivity index (χ1v) is 11.8. The molecular weight excluding hydrogens is 392 g/mol. The maximum absolute atomic E-state index is 12.5. The van der Waals surface area contributed by atoms with Crippen LogP contribution in [0.3, 0.4) is 0 Å². The van der Waals surface area contributed by atoms with E-state index in [9.17, 15) is 13.2 Å². The van der Waals surface area contributed by atoms with Crippen molar-refractivity contribution in [3.63, 3.8) is 0 Å². The zero-order valence-electron chi connectivity index (χ0n) is 16.7. The van der Waals surface area contributed by atoms with Gasteiger partial charge in [-0.1, -0.05) is 22.9 Å². The zero-order valence-corrected chi connectivity index (χ0v) is 17.6. The highest BCUT2D eigenvalue weighted by Gasteiger charge is 2.33. The first kappa shape index (κ1) is 20.0. The van der Waals surface area contributed by atoms with Crippen LogP contribution in [0.4, 0.5) is 0 Å². The molecule has 0 aliphatic carbocycles. The number of nitrogens with zero attached hydrogens (tertiary/aromatic N) is 4. The predicted octanol–water partition coefficient (Wildman–Crippen LogP) is 1.83. The number of aromatic nitrogens is 2. The fourth-order valence-corrected chi connectivity index (χ4v) is 4.91. The molecule has 0 unspecified atom stereocenters. The summed E-state index contributed by atoms with van der Waals surface area (Å²) in [4.78, 5) is 18.9. The first-order valence-electron chi connectivity index (χ1n) is 9.93. The molecule has 0 radical (unpaired) electrons. The number of aryl methyl sites for hydroxylation is 1. The van der Waals surface area contributed by atoms with Gasteiger partial charge in [0, 0.05) is 50.0 Å². The van der Waals surface area contributed by atoms with Gasteiger partial charge in [0.2, 0.25) is 15.9 Å². The summed E-state index contributed by atoms with van der Waals surface area (Å²) in [6.45, 7) is 4.35. The fourth-order valence-electron chi connectivity index (χ4n) is 4.03. The molecule has 2 saturated heterocycles. The van der Waals surface area contributed by atoms with Gasteiger partial charge < -0.3 is 9.42 Å². The second-order valence-electron chi connectivity index (χ2n) is 8.13. The van der Waals surface area contributed by atoms with Crippen molar-refractivity contribution in [1.82, 2.24) is 19.3 Å². The van der Waals surface area contributed by atoms with Crippen molar-refractivity contribution in [3.05, 3.63) is 47.1 Å². The van der Waals surface area contributed by atoms with E-state index in [4.69, 9.17) is 4.52 Å². The largest absolute Gasteiger partial charge is 0.339 e. The molecule has 0 spiro atoms. The molecule has 0 saturated carbocycles. The van der Waals surface area contributed by atoms with Crippen molar-refractivity contribution >= 4 is 15.9 Å². The molecule has 0 N–H and O–H groups in total. The number of rotatable bonds is 5. The van der Waals surface area contributed by atoms with Crippen molar-refractivity contribution < 1.29 is 17.7 Å². The molecule has 2 fully saturated rings. The summed E-state index contributed by atoms with van der Waals surface area (Å²) in [6, 6.07) is 7.64. The number of amides is 1. The van der Waals surface area contributed by atoms with E-state index in [0.717, 1.165) is 11.1 Å². The lowest BCUT2D eigenvalue weighted by molar-refractivity contribution is 0.0487. The minimum absolute atomic E-state index is 0.0637. The summed E-state index contributed by atoms with van der Waals surface area (Å²) in [5, 5.41) is 4.12. The van der Waals surface area contributed by atoms with Gasteiger partial charge >= 0.3 is 0 Å². The summed E-state index contributed by atoms with van der Waals surface area (Å²) < 4.78 is 30.2. The Morgan fingerprint density at radius 2 is 1.97 bits per heavy atom. The highest BCUT2D eigenvalue weighted by Crippen LogP contribution is 2.28. The Morgan fingerprint density at radius 1 is 1.24 bits per heavy atom. The Morgan fingerprint density at radius 3 is 2.62 bits per heavy atom. The van der Waals surface area contributed by atoms with Crippen LogP contribution >= 0.6 is 0 Å². The summed E-state index contributed by atoms with van der Waals surface area (Å²) in [5.41, 5.74) is 1.80. The van der Waals surface area contributed by atoms with Crippen LogP contribution in [-0.4, -0.2) is 66.1 Å². The van der Waals surface area contributed by atoms with Crippen molar-refractivity contribution in [2.24, 2.45) is 5.92 Å². The minimum Gasteiger partial charge on any atom is -0.339 e. The molecule has 9 heteroatoms. The van der Waals surface area contributed by atoms with Gasteiger partial charge in [-0.05, 0) is 31.9 Å². The number of benzene rings is 1. The van der Waals surface area contributed by atoms with Crippen LogP contribution in [-0.2, 0) is 16.4 Å². The molecule has 1 aromatic heterocycles. The Bertz CT molecular complexity index is 989. The molecule has 0 bridgehead atoms. The van der Waals surface area contributed by atoms with Crippen LogP contribution < -0.4 is 0 Å². The van der Waals surface area contributed by atoms with E-state index >= 15 is 0 Å². The zero-order chi connectivity index (χ0) is 20.6. The molecular formula is C20H26N4O4S. The molecule has 4 rings (SSSR count). The maximum atomic E-state index is 12.5. The van der Waals surface area contributed by atoms with E-state index < -0.39 is 10.0 Å². The third-order valence-electron chi connectivity index (χ3n) is 5.74. The van der Waals surface area contributed by atoms with E-state index in [1.54, 1.807) is 0 Å². The van der Waals surface area contributed by atoms with Gasteiger partial charge in [0.15, 0.2) is 5.82 Å². The molecule has 0 atom stereocenters. The summed E-state index contributed by atoms with van der Waals surface area (Å²) >= 11 is 0. The lowest BCUT2D eigenvalue weighted by Gasteiger charge is -2.38. The average molecular weight is 419 g/mol. The molecule has 156 valence electrons. The van der Waals surface area contributed by atoms with E-state index in [2.05, 4.69) is 10.1 Å². The Hall–Kier alpha value is -2.26. The van der Waals surface area contributed by atoms with Gasteiger partial charge in [0.05, 0.1) is 6.26 Å². The van der Waals surface area contributed by atoms with Gasteiger partial charge in [-0.3, -0.25) is 4.79 Å². The Kier molecular flexibility index (Phi) is 5.44. The third-order valence-corrected chi connectivity index (χ3v) is 7.05. The van der Waals surface area contributed by atoms with E-state index in [1.807, 2.05) is 36.1 Å². The molecule has 1 aromatic carbocycles. The van der Waals surface area contributed by atoms with Crippen LogP contribution in [0, 0.1) is 12.8 Å². The third kappa shape index (κ3) is 4.51. The van der Waals surface area contributed by atoms with Gasteiger partial charge in [-0.25, -0.2) is 12.7 Å². The quantitative estimate of drug-likeness (QED) is 0.735. The molecule has 8 nitrogen and oxygen atoms in total. The smallest absolute Gasteiger partial charge is 0.253 e. The number of carbonyl (C=O) groups excluding carboxylic acids is 1. The molecule has 1 amide bonds. The molecule has 2 aliphatic heterocycles. The van der Waals surface area contributed by atoms with Gasteiger partial charge in [-0.15, -0.1) is 0 Å². The number of piperidine rings is 1. The van der Waals surface area contributed by atoms with E-state index in [-0.39, 0.29) is 11.8 Å². The van der Waals surface area contributed by atoms with Gasteiger partial charge in [0.1, 0.15) is 0 Å². The van der Waals surface area contributed by atoms with Crippen LogP contribution in [0.2, 0.25) is 0 Å². The highest BCUT2D eigenvalue weighted by molar-refractivity contribution is 7.88. The number of likely N-dealkylation sites (tertiary alicyclic amines) is 1. The average Bonchev–Trinajstić information content (AvgIpc) is 3.12. The second-order valence-corrected chi connectivity index (χ2v) is 10.1. The second kappa shape index (κ2) is 7.87. The normalized spacial score (nSPS) is 19.3. The lowest BCUT2D eigenvalue weighted by atomic mass is 9.95. The van der Waals surface area contributed by atoms with Gasteiger partial charge in [0.25, 0.3) is 5.91 Å². The summed E-state index contributed by atoms with van der Waals surface area (Å²) in [7, 11) is -3.14. The standard InChI is InChI=1S/C20H26N4O4S/c1-14-4-3-5-17(10-14)20(25)23-12-15(13-23)11-18-21-19(22-28-18)16-6-8-24(9-7-16)29(2,26)27/h3-5,10,15-16H,6-9,11-13H2,1-2H3. The van der Waals surface area contributed by atoms with Crippen molar-refractivity contribution in [2.45, 2.75) is 32.1 Å². The van der Waals surface area contributed by atoms with Crippen molar-refractivity contribution in [2.75, 3.05) is 32.4 Å².